The van der Waals surface area contributed by atoms with Gasteiger partial charge in [-0.15, -0.1) is 11.8 Å². The topological polar surface area (TPSA) is 44.5 Å². The molecule has 0 unspecified atom stereocenters. The average molecular weight is 322 g/mol. The number of anilines is 1. The van der Waals surface area contributed by atoms with Gasteiger partial charge in [-0.05, 0) is 30.3 Å². The van der Waals surface area contributed by atoms with Crippen LogP contribution in [0.15, 0.2) is 41.3 Å². The van der Waals surface area contributed by atoms with Gasteiger partial charge in [0.05, 0.1) is 13.2 Å². The summed E-state index contributed by atoms with van der Waals surface area (Å²) in [4.78, 5) is 1.11. The van der Waals surface area contributed by atoms with Gasteiger partial charge in [-0.3, -0.25) is 0 Å². The first-order valence-electron chi connectivity index (χ1n) is 6.79. The molecule has 0 aliphatic carbocycles. The molecule has 0 aromatic heterocycles. The molecule has 0 amide bonds. The summed E-state index contributed by atoms with van der Waals surface area (Å²) in [5.74, 6) is 2.35. The lowest BCUT2D eigenvalue weighted by molar-refractivity contribution is 0.297. The van der Waals surface area contributed by atoms with Crippen LogP contribution in [0.3, 0.4) is 0 Å². The first-order valence-corrected chi connectivity index (χ1v) is 8.16. The van der Waals surface area contributed by atoms with Crippen molar-refractivity contribution in [2.75, 3.05) is 18.9 Å². The van der Waals surface area contributed by atoms with E-state index >= 15 is 0 Å². The molecule has 5 heteroatoms. The van der Waals surface area contributed by atoms with Crippen molar-refractivity contribution >= 4 is 29.1 Å². The summed E-state index contributed by atoms with van der Waals surface area (Å²) in [6.07, 6.45) is 0.910. The number of rotatable bonds is 3. The second kappa shape index (κ2) is 6.50. The molecule has 1 heterocycles. The number of benzene rings is 2. The summed E-state index contributed by atoms with van der Waals surface area (Å²) in [7, 11) is 0. The van der Waals surface area contributed by atoms with Gasteiger partial charge in [-0.25, -0.2) is 0 Å². The molecule has 0 spiro atoms. The molecule has 0 radical (unpaired) electrons. The third kappa shape index (κ3) is 3.39. The predicted molar refractivity (Wildman–Crippen MR) is 87.5 cm³/mol. The molecule has 0 saturated carbocycles. The molecule has 3 rings (SSSR count). The third-order valence-corrected chi connectivity index (χ3v) is 4.63. The maximum absolute atomic E-state index is 6.19. The minimum atomic E-state index is 0.693. The van der Waals surface area contributed by atoms with Gasteiger partial charge in [0.25, 0.3) is 0 Å². The number of nitrogens with two attached hydrogens (primary N) is 1. The fraction of sp³-hybridized carbons (Fsp3) is 0.250. The van der Waals surface area contributed by atoms with Crippen LogP contribution in [0.5, 0.6) is 11.5 Å². The molecule has 2 aromatic rings. The Labute approximate surface area is 133 Å². The Morgan fingerprint density at radius 3 is 2.71 bits per heavy atom. The monoisotopic (exact) mass is 321 g/mol. The summed E-state index contributed by atoms with van der Waals surface area (Å²) in [6, 6.07) is 11.6. The van der Waals surface area contributed by atoms with Crippen LogP contribution in [0.25, 0.3) is 0 Å². The van der Waals surface area contributed by atoms with Crippen molar-refractivity contribution in [1.82, 2.24) is 0 Å². The van der Waals surface area contributed by atoms with Gasteiger partial charge in [-0.1, -0.05) is 17.7 Å². The van der Waals surface area contributed by atoms with Crippen LogP contribution in [0.4, 0.5) is 5.69 Å². The lowest BCUT2D eigenvalue weighted by Crippen LogP contribution is -1.97. The zero-order valence-electron chi connectivity index (χ0n) is 11.5. The summed E-state index contributed by atoms with van der Waals surface area (Å²) >= 11 is 7.88. The molecule has 0 fully saturated rings. The maximum Gasteiger partial charge on any atom is 0.162 e. The van der Waals surface area contributed by atoms with Gasteiger partial charge in [0.15, 0.2) is 11.5 Å². The van der Waals surface area contributed by atoms with E-state index in [1.54, 1.807) is 11.8 Å². The van der Waals surface area contributed by atoms with E-state index in [0.29, 0.717) is 18.2 Å². The van der Waals surface area contributed by atoms with Gasteiger partial charge in [0, 0.05) is 33.3 Å². The number of fused-ring (bicyclic) bond motifs is 1. The molecular formula is C16H16ClNO2S. The quantitative estimate of drug-likeness (QED) is 0.673. The second-order valence-electron chi connectivity index (χ2n) is 4.76. The first kappa shape index (κ1) is 14.4. The molecule has 21 heavy (non-hydrogen) atoms. The van der Waals surface area contributed by atoms with Crippen molar-refractivity contribution in [3.63, 3.8) is 0 Å². The average Bonchev–Trinajstić information content (AvgIpc) is 2.71. The Morgan fingerprint density at radius 2 is 1.90 bits per heavy atom. The molecule has 110 valence electrons. The van der Waals surface area contributed by atoms with Crippen LogP contribution in [-0.4, -0.2) is 13.2 Å². The Morgan fingerprint density at radius 1 is 1.10 bits per heavy atom. The highest BCUT2D eigenvalue weighted by atomic mass is 35.5. The molecule has 2 N–H and O–H groups in total. The highest BCUT2D eigenvalue weighted by molar-refractivity contribution is 7.98. The van der Waals surface area contributed by atoms with Crippen molar-refractivity contribution < 1.29 is 9.47 Å². The molecule has 1 aliphatic heterocycles. The van der Waals surface area contributed by atoms with E-state index in [1.165, 1.54) is 0 Å². The molecule has 0 saturated heterocycles. The normalized spacial score (nSPS) is 13.8. The van der Waals surface area contributed by atoms with Crippen molar-refractivity contribution in [3.05, 3.63) is 47.0 Å². The Balaban J connectivity index is 1.75. The van der Waals surface area contributed by atoms with Crippen LogP contribution in [-0.2, 0) is 5.75 Å². The van der Waals surface area contributed by atoms with E-state index < -0.39 is 0 Å². The van der Waals surface area contributed by atoms with Gasteiger partial charge in [0.1, 0.15) is 0 Å². The number of hydrogen-bond donors (Lipinski definition) is 1. The summed E-state index contributed by atoms with van der Waals surface area (Å²) < 4.78 is 11.3. The first-order chi connectivity index (χ1) is 10.2. The zero-order valence-corrected chi connectivity index (χ0v) is 13.0. The highest BCUT2D eigenvalue weighted by Gasteiger charge is 2.12. The van der Waals surface area contributed by atoms with E-state index in [0.717, 1.165) is 39.8 Å². The highest BCUT2D eigenvalue weighted by Crippen LogP contribution is 2.36. The largest absolute Gasteiger partial charge is 0.490 e. The number of halogens is 1. The minimum absolute atomic E-state index is 0.693. The van der Waals surface area contributed by atoms with Gasteiger partial charge in [-0.2, -0.15) is 0 Å². The number of ether oxygens (including phenoxy) is 2. The van der Waals surface area contributed by atoms with Crippen LogP contribution < -0.4 is 15.2 Å². The van der Waals surface area contributed by atoms with Gasteiger partial charge >= 0.3 is 0 Å². The molecule has 3 nitrogen and oxygen atoms in total. The Kier molecular flexibility index (Phi) is 4.46. The predicted octanol–water partition coefficient (Wildman–Crippen LogP) is 4.38. The number of hydrogen-bond acceptors (Lipinski definition) is 4. The second-order valence-corrected chi connectivity index (χ2v) is 6.21. The van der Waals surface area contributed by atoms with Crippen LogP contribution in [0.2, 0.25) is 5.02 Å². The standard InChI is InChI=1S/C16H16ClNO2S/c17-13-3-1-4-14(18)12(13)10-21-11-5-6-15-16(9-11)20-8-2-7-19-15/h1,3-6,9H,2,7-8,10,18H2. The maximum atomic E-state index is 6.19. The third-order valence-electron chi connectivity index (χ3n) is 3.26. The van der Waals surface area contributed by atoms with Crippen molar-refractivity contribution in [2.45, 2.75) is 17.1 Å². The smallest absolute Gasteiger partial charge is 0.162 e. The van der Waals surface area contributed by atoms with E-state index in [9.17, 15) is 0 Å². The van der Waals surface area contributed by atoms with Crippen molar-refractivity contribution in [3.8, 4) is 11.5 Å². The SMILES string of the molecule is Nc1cccc(Cl)c1CSc1ccc2c(c1)OCCCO2. The van der Waals surface area contributed by atoms with Gasteiger partial charge < -0.3 is 15.2 Å². The summed E-state index contributed by atoms with van der Waals surface area (Å²) in [6.45, 7) is 1.40. The number of thioether (sulfide) groups is 1. The Hall–Kier alpha value is -1.52. The fourth-order valence-electron chi connectivity index (χ4n) is 2.12. The minimum Gasteiger partial charge on any atom is -0.490 e. The van der Waals surface area contributed by atoms with E-state index in [2.05, 4.69) is 0 Å². The van der Waals surface area contributed by atoms with Gasteiger partial charge in [0.2, 0.25) is 0 Å². The molecular weight excluding hydrogens is 306 g/mol. The lowest BCUT2D eigenvalue weighted by atomic mass is 10.2. The van der Waals surface area contributed by atoms with Crippen LogP contribution in [0.1, 0.15) is 12.0 Å². The fourth-order valence-corrected chi connectivity index (χ4v) is 3.43. The van der Waals surface area contributed by atoms with Crippen LogP contribution >= 0.6 is 23.4 Å². The molecule has 2 aromatic carbocycles. The molecule has 0 bridgehead atoms. The zero-order chi connectivity index (χ0) is 14.7. The Bertz CT molecular complexity index is 628. The van der Waals surface area contributed by atoms with Crippen molar-refractivity contribution in [2.24, 2.45) is 0 Å². The molecule has 0 atom stereocenters. The van der Waals surface area contributed by atoms with Crippen molar-refractivity contribution in [1.29, 1.82) is 0 Å². The lowest BCUT2D eigenvalue weighted by Gasteiger charge is -2.10. The van der Waals surface area contributed by atoms with E-state index in [4.69, 9.17) is 26.8 Å². The number of nitrogen functional groups attached to an aromatic ring is 1. The van der Waals surface area contributed by atoms with E-state index in [-0.39, 0.29) is 0 Å². The summed E-state index contributed by atoms with van der Waals surface area (Å²) in [5.41, 5.74) is 7.67. The van der Waals surface area contributed by atoms with Crippen LogP contribution in [0, 0.1) is 0 Å². The van der Waals surface area contributed by atoms with E-state index in [1.807, 2.05) is 36.4 Å². The summed E-state index contributed by atoms with van der Waals surface area (Å²) in [5, 5.41) is 0.705. The molecule has 1 aliphatic rings.